The minimum absolute atomic E-state index is 0.113. The summed E-state index contributed by atoms with van der Waals surface area (Å²) in [6.07, 6.45) is -4.46. The van der Waals surface area contributed by atoms with Gasteiger partial charge in [0, 0.05) is 6.42 Å². The number of hydrogen-bond donors (Lipinski definition) is 0. The molecule has 0 heterocycles. The summed E-state index contributed by atoms with van der Waals surface area (Å²) in [7, 11) is 0. The van der Waals surface area contributed by atoms with Crippen molar-refractivity contribution in [1.29, 1.82) is 0 Å². The van der Waals surface area contributed by atoms with Gasteiger partial charge in [-0.05, 0) is 19.4 Å². The number of rotatable bonds is 5. The molecular weight excluding hydrogens is 200 g/mol. The number of ether oxygens (including phenoxy) is 1. The Balaban J connectivity index is 3.70. The number of allylic oxidation sites excluding steroid dienone is 1. The molecule has 0 rings (SSSR count). The monoisotopic (exact) mass is 214 g/mol. The van der Waals surface area contributed by atoms with E-state index >= 15 is 0 Å². The number of hydrogen-bond acceptors (Lipinski definition) is 1. The minimum Gasteiger partial charge on any atom is -0.372 e. The van der Waals surface area contributed by atoms with E-state index in [1.165, 1.54) is 13.8 Å². The molecule has 0 fully saturated rings. The first kappa shape index (κ1) is 13.4. The zero-order chi connectivity index (χ0) is 11.4. The van der Waals surface area contributed by atoms with Gasteiger partial charge in [-0.25, -0.2) is 4.39 Å². The lowest BCUT2D eigenvalue weighted by Gasteiger charge is -2.20. The highest BCUT2D eigenvalue weighted by Crippen LogP contribution is 2.24. The molecule has 0 aromatic rings. The van der Waals surface area contributed by atoms with Gasteiger partial charge in [0.25, 0.3) is 0 Å². The Kier molecular flexibility index (Phi) is 4.58. The van der Waals surface area contributed by atoms with Crippen LogP contribution < -0.4 is 0 Å². The second-order valence-electron chi connectivity index (χ2n) is 3.40. The summed E-state index contributed by atoms with van der Waals surface area (Å²) in [5, 5.41) is 0. The van der Waals surface area contributed by atoms with E-state index in [9.17, 15) is 17.6 Å². The third-order valence-corrected chi connectivity index (χ3v) is 1.87. The third-order valence-electron chi connectivity index (χ3n) is 1.87. The molecule has 14 heavy (non-hydrogen) atoms. The summed E-state index contributed by atoms with van der Waals surface area (Å²) in [5.41, 5.74) is -1.38. The molecule has 0 aliphatic rings. The van der Waals surface area contributed by atoms with Crippen LogP contribution in [0.3, 0.4) is 0 Å². The van der Waals surface area contributed by atoms with Gasteiger partial charge in [0.1, 0.15) is 12.3 Å². The second kappa shape index (κ2) is 4.77. The first-order chi connectivity index (χ1) is 6.15. The predicted molar refractivity (Wildman–Crippen MR) is 45.8 cm³/mol. The molecular formula is C9H14F4O. The molecule has 1 nitrogen and oxygen atoms in total. The second-order valence-corrected chi connectivity index (χ2v) is 3.40. The largest absolute Gasteiger partial charge is 0.411 e. The van der Waals surface area contributed by atoms with E-state index < -0.39 is 18.5 Å². The Morgan fingerprint density at radius 2 is 1.79 bits per heavy atom. The van der Waals surface area contributed by atoms with Crippen molar-refractivity contribution in [1.82, 2.24) is 0 Å². The molecule has 0 aromatic carbocycles. The molecule has 0 aliphatic carbocycles. The van der Waals surface area contributed by atoms with Crippen LogP contribution in [0.5, 0.6) is 0 Å². The maximum Gasteiger partial charge on any atom is 0.411 e. The van der Waals surface area contributed by atoms with Crippen molar-refractivity contribution < 1.29 is 22.3 Å². The van der Waals surface area contributed by atoms with Crippen molar-refractivity contribution >= 4 is 0 Å². The summed E-state index contributed by atoms with van der Waals surface area (Å²) in [5.74, 6) is 0. The van der Waals surface area contributed by atoms with Gasteiger partial charge in [0.2, 0.25) is 0 Å². The minimum atomic E-state index is -4.35. The molecule has 0 saturated heterocycles. The van der Waals surface area contributed by atoms with E-state index in [4.69, 9.17) is 0 Å². The molecule has 0 N–H and O–H groups in total. The van der Waals surface area contributed by atoms with Gasteiger partial charge in [-0.15, -0.1) is 0 Å². The van der Waals surface area contributed by atoms with Crippen LogP contribution in [0.15, 0.2) is 12.2 Å². The van der Waals surface area contributed by atoms with Gasteiger partial charge in [-0.2, -0.15) is 13.2 Å². The predicted octanol–water partition coefficient (Wildman–Crippen LogP) is 3.26. The quantitative estimate of drug-likeness (QED) is 0.387. The highest BCUT2D eigenvalue weighted by atomic mass is 19.4. The van der Waals surface area contributed by atoms with Gasteiger partial charge in [0.15, 0.2) is 0 Å². The molecule has 84 valence electrons. The molecule has 0 radical (unpaired) electrons. The fourth-order valence-electron chi connectivity index (χ4n) is 0.665. The van der Waals surface area contributed by atoms with E-state index in [2.05, 4.69) is 11.3 Å². The van der Waals surface area contributed by atoms with Crippen LogP contribution in [-0.2, 0) is 4.74 Å². The van der Waals surface area contributed by atoms with Crippen LogP contribution in [-0.4, -0.2) is 25.1 Å². The van der Waals surface area contributed by atoms with Crippen molar-refractivity contribution in [3.8, 4) is 0 Å². The van der Waals surface area contributed by atoms with Crippen molar-refractivity contribution in [3.63, 3.8) is 0 Å². The third kappa shape index (κ3) is 5.96. The molecule has 0 amide bonds. The lowest BCUT2D eigenvalue weighted by atomic mass is 9.97. The van der Waals surface area contributed by atoms with E-state index in [1.807, 2.05) is 0 Å². The van der Waals surface area contributed by atoms with Crippen LogP contribution >= 0.6 is 0 Å². The Hall–Kier alpha value is -0.580. The number of alkyl halides is 4. The Morgan fingerprint density at radius 1 is 1.29 bits per heavy atom. The van der Waals surface area contributed by atoms with Crippen molar-refractivity contribution in [2.75, 3.05) is 13.2 Å². The SMILES string of the molecule is C=C(C)C(C)(F)CCOCC(F)(F)F. The van der Waals surface area contributed by atoms with Crippen molar-refractivity contribution in [3.05, 3.63) is 12.2 Å². The molecule has 1 unspecified atom stereocenters. The lowest BCUT2D eigenvalue weighted by Crippen LogP contribution is -2.24. The Bertz CT molecular complexity index is 195. The first-order valence-corrected chi connectivity index (χ1v) is 4.14. The topological polar surface area (TPSA) is 9.23 Å². The summed E-state index contributed by atoms with van der Waals surface area (Å²) < 4.78 is 52.4. The smallest absolute Gasteiger partial charge is 0.372 e. The van der Waals surface area contributed by atoms with E-state index in [0.29, 0.717) is 0 Å². The molecule has 0 bridgehead atoms. The molecule has 0 aromatic heterocycles. The zero-order valence-electron chi connectivity index (χ0n) is 8.25. The maximum atomic E-state index is 13.4. The fourth-order valence-corrected chi connectivity index (χ4v) is 0.665. The van der Waals surface area contributed by atoms with E-state index in [1.54, 1.807) is 0 Å². The van der Waals surface area contributed by atoms with Crippen LogP contribution in [0.2, 0.25) is 0 Å². The summed E-state index contributed by atoms with van der Waals surface area (Å²) in [4.78, 5) is 0. The first-order valence-electron chi connectivity index (χ1n) is 4.14. The van der Waals surface area contributed by atoms with Gasteiger partial charge in [0.05, 0.1) is 6.61 Å². The standard InChI is InChI=1S/C9H14F4O/c1-7(2)8(3,10)4-5-14-6-9(11,12)13/h1,4-6H2,2-3H3. The molecule has 0 spiro atoms. The number of halogens is 4. The summed E-state index contributed by atoms with van der Waals surface area (Å²) in [6.45, 7) is 4.56. The highest BCUT2D eigenvalue weighted by Gasteiger charge is 2.29. The lowest BCUT2D eigenvalue weighted by molar-refractivity contribution is -0.175. The van der Waals surface area contributed by atoms with Gasteiger partial charge in [-0.3, -0.25) is 0 Å². The van der Waals surface area contributed by atoms with E-state index in [-0.39, 0.29) is 18.6 Å². The average Bonchev–Trinajstić information content (AvgIpc) is 1.96. The van der Waals surface area contributed by atoms with Crippen LogP contribution in [0.4, 0.5) is 17.6 Å². The molecule has 0 aliphatic heterocycles. The Labute approximate surface area is 80.7 Å². The van der Waals surface area contributed by atoms with Crippen molar-refractivity contribution in [2.24, 2.45) is 0 Å². The van der Waals surface area contributed by atoms with Gasteiger partial charge in [-0.1, -0.05) is 6.58 Å². The highest BCUT2D eigenvalue weighted by molar-refractivity contribution is 5.06. The zero-order valence-corrected chi connectivity index (χ0v) is 8.25. The molecule has 5 heteroatoms. The Morgan fingerprint density at radius 3 is 2.14 bits per heavy atom. The van der Waals surface area contributed by atoms with Crippen LogP contribution in [0.1, 0.15) is 20.3 Å². The fraction of sp³-hybridized carbons (Fsp3) is 0.778. The van der Waals surface area contributed by atoms with Gasteiger partial charge >= 0.3 is 6.18 Å². The van der Waals surface area contributed by atoms with Crippen LogP contribution in [0.25, 0.3) is 0 Å². The van der Waals surface area contributed by atoms with E-state index in [0.717, 1.165) is 0 Å². The molecule has 1 atom stereocenters. The summed E-state index contributed by atoms with van der Waals surface area (Å²) >= 11 is 0. The summed E-state index contributed by atoms with van der Waals surface area (Å²) in [6, 6.07) is 0. The van der Waals surface area contributed by atoms with Crippen molar-refractivity contribution in [2.45, 2.75) is 32.1 Å². The normalized spacial score (nSPS) is 16.4. The average molecular weight is 214 g/mol. The van der Waals surface area contributed by atoms with Gasteiger partial charge < -0.3 is 4.74 Å². The molecule has 0 saturated carbocycles. The van der Waals surface area contributed by atoms with Crippen LogP contribution in [0, 0.1) is 0 Å². The maximum absolute atomic E-state index is 13.4.